The Labute approximate surface area is 110 Å². The number of hydrogen-bond donors (Lipinski definition) is 1. The number of amides is 1. The summed E-state index contributed by atoms with van der Waals surface area (Å²) in [7, 11) is 1.55. The maximum absolute atomic E-state index is 13.3. The van der Waals surface area contributed by atoms with E-state index in [0.717, 1.165) is 0 Å². The number of nitrogens with one attached hydrogen (secondary N) is 1. The standard InChI is InChI=1S/C14H13FN2O2/c1-19-11-6-4-10(5-7-11)14(18)17-9-13-12(15)3-2-8-16-13/h2-8H,9H2,1H3,(H,17,18). The average molecular weight is 260 g/mol. The third kappa shape index (κ3) is 3.28. The highest BCUT2D eigenvalue weighted by Crippen LogP contribution is 2.11. The summed E-state index contributed by atoms with van der Waals surface area (Å²) in [5.41, 5.74) is 0.696. The van der Waals surface area contributed by atoms with Crippen LogP contribution in [0, 0.1) is 5.82 Å². The van der Waals surface area contributed by atoms with Crippen molar-refractivity contribution < 1.29 is 13.9 Å². The predicted octanol–water partition coefficient (Wildman–Crippen LogP) is 2.16. The van der Waals surface area contributed by atoms with E-state index < -0.39 is 5.82 Å². The van der Waals surface area contributed by atoms with Gasteiger partial charge in [-0.1, -0.05) is 0 Å². The number of nitrogens with zero attached hydrogens (tertiary/aromatic N) is 1. The molecule has 2 aromatic rings. The number of rotatable bonds is 4. The molecular weight excluding hydrogens is 247 g/mol. The van der Waals surface area contributed by atoms with Gasteiger partial charge >= 0.3 is 0 Å². The van der Waals surface area contributed by atoms with Crippen molar-refractivity contribution in [3.63, 3.8) is 0 Å². The molecule has 98 valence electrons. The zero-order valence-electron chi connectivity index (χ0n) is 10.4. The SMILES string of the molecule is COc1ccc(C(=O)NCc2ncccc2F)cc1. The third-order valence-electron chi connectivity index (χ3n) is 2.60. The molecular formula is C14H13FN2O2. The van der Waals surface area contributed by atoms with E-state index in [2.05, 4.69) is 10.3 Å². The van der Waals surface area contributed by atoms with Gasteiger partial charge in [0.15, 0.2) is 0 Å². The van der Waals surface area contributed by atoms with Crippen molar-refractivity contribution in [2.24, 2.45) is 0 Å². The van der Waals surface area contributed by atoms with Gasteiger partial charge < -0.3 is 10.1 Å². The first kappa shape index (κ1) is 13.0. The molecule has 0 saturated heterocycles. The lowest BCUT2D eigenvalue weighted by Crippen LogP contribution is -2.23. The van der Waals surface area contributed by atoms with Crippen LogP contribution in [0.25, 0.3) is 0 Å². The molecule has 1 aromatic heterocycles. The van der Waals surface area contributed by atoms with Gasteiger partial charge in [-0.2, -0.15) is 0 Å². The van der Waals surface area contributed by atoms with Crippen LogP contribution in [0.5, 0.6) is 5.75 Å². The van der Waals surface area contributed by atoms with Gasteiger partial charge in [-0.05, 0) is 36.4 Å². The molecule has 0 atom stereocenters. The molecule has 0 radical (unpaired) electrons. The van der Waals surface area contributed by atoms with Crippen LogP contribution in [0.3, 0.4) is 0 Å². The molecule has 1 aromatic carbocycles. The zero-order valence-corrected chi connectivity index (χ0v) is 10.4. The van der Waals surface area contributed by atoms with Crippen LogP contribution in [0.4, 0.5) is 4.39 Å². The molecule has 4 nitrogen and oxygen atoms in total. The molecule has 0 unspecified atom stereocenters. The molecule has 0 spiro atoms. The molecule has 0 saturated carbocycles. The molecule has 0 fully saturated rings. The van der Waals surface area contributed by atoms with E-state index in [1.54, 1.807) is 31.4 Å². The molecule has 0 aliphatic carbocycles. The van der Waals surface area contributed by atoms with E-state index in [-0.39, 0.29) is 18.1 Å². The Bertz CT molecular complexity index is 570. The Kier molecular flexibility index (Phi) is 4.07. The molecule has 19 heavy (non-hydrogen) atoms. The lowest BCUT2D eigenvalue weighted by molar-refractivity contribution is 0.0950. The highest BCUT2D eigenvalue weighted by molar-refractivity contribution is 5.94. The molecule has 1 N–H and O–H groups in total. The minimum absolute atomic E-state index is 0.0531. The van der Waals surface area contributed by atoms with Crippen molar-refractivity contribution in [2.45, 2.75) is 6.54 Å². The summed E-state index contributed by atoms with van der Waals surface area (Å²) in [6.07, 6.45) is 1.48. The largest absolute Gasteiger partial charge is 0.497 e. The fourth-order valence-corrected chi connectivity index (χ4v) is 1.56. The highest BCUT2D eigenvalue weighted by atomic mass is 19.1. The second-order valence-electron chi connectivity index (χ2n) is 3.84. The third-order valence-corrected chi connectivity index (χ3v) is 2.60. The van der Waals surface area contributed by atoms with Gasteiger partial charge in [0.25, 0.3) is 5.91 Å². The van der Waals surface area contributed by atoms with Gasteiger partial charge in [0.2, 0.25) is 0 Å². The van der Waals surface area contributed by atoms with Crippen LogP contribution in [0.1, 0.15) is 16.1 Å². The fourth-order valence-electron chi connectivity index (χ4n) is 1.56. The zero-order chi connectivity index (χ0) is 13.7. The van der Waals surface area contributed by atoms with E-state index >= 15 is 0 Å². The van der Waals surface area contributed by atoms with Crippen molar-refractivity contribution in [1.82, 2.24) is 10.3 Å². The maximum Gasteiger partial charge on any atom is 0.251 e. The average Bonchev–Trinajstić information content (AvgIpc) is 2.46. The van der Waals surface area contributed by atoms with Gasteiger partial charge in [-0.15, -0.1) is 0 Å². The van der Waals surface area contributed by atoms with Crippen LogP contribution in [0.15, 0.2) is 42.6 Å². The first-order valence-electron chi connectivity index (χ1n) is 5.72. The van der Waals surface area contributed by atoms with Crippen LogP contribution in [-0.2, 0) is 6.54 Å². The quantitative estimate of drug-likeness (QED) is 0.916. The second-order valence-corrected chi connectivity index (χ2v) is 3.84. The van der Waals surface area contributed by atoms with E-state index in [1.807, 2.05) is 0 Å². The summed E-state index contributed by atoms with van der Waals surface area (Å²) in [4.78, 5) is 15.7. The second kappa shape index (κ2) is 5.95. The monoisotopic (exact) mass is 260 g/mol. The summed E-state index contributed by atoms with van der Waals surface area (Å²) in [6.45, 7) is 0.0531. The number of pyridine rings is 1. The van der Waals surface area contributed by atoms with Crippen LogP contribution in [0.2, 0.25) is 0 Å². The molecule has 0 aliphatic heterocycles. The fraction of sp³-hybridized carbons (Fsp3) is 0.143. The predicted molar refractivity (Wildman–Crippen MR) is 68.4 cm³/mol. The summed E-state index contributed by atoms with van der Waals surface area (Å²) >= 11 is 0. The van der Waals surface area contributed by atoms with Gasteiger partial charge in [0.05, 0.1) is 19.3 Å². The number of benzene rings is 1. The van der Waals surface area contributed by atoms with Crippen molar-refractivity contribution >= 4 is 5.91 Å². The summed E-state index contributed by atoms with van der Waals surface area (Å²) in [5, 5.41) is 2.61. The van der Waals surface area contributed by atoms with E-state index in [4.69, 9.17) is 4.74 Å². The van der Waals surface area contributed by atoms with Gasteiger partial charge in [0, 0.05) is 11.8 Å². The summed E-state index contributed by atoms with van der Waals surface area (Å²) in [6, 6.07) is 9.48. The number of ether oxygens (including phenoxy) is 1. The minimum Gasteiger partial charge on any atom is -0.497 e. The van der Waals surface area contributed by atoms with Crippen molar-refractivity contribution in [2.75, 3.05) is 7.11 Å². The molecule has 1 heterocycles. The Hall–Kier alpha value is -2.43. The van der Waals surface area contributed by atoms with Crippen LogP contribution in [-0.4, -0.2) is 18.0 Å². The summed E-state index contributed by atoms with van der Waals surface area (Å²) < 4.78 is 18.3. The van der Waals surface area contributed by atoms with Crippen molar-refractivity contribution in [1.29, 1.82) is 0 Å². The maximum atomic E-state index is 13.3. The molecule has 2 rings (SSSR count). The van der Waals surface area contributed by atoms with Crippen LogP contribution >= 0.6 is 0 Å². The van der Waals surface area contributed by atoms with E-state index in [0.29, 0.717) is 11.3 Å². The Morgan fingerprint density at radius 3 is 2.68 bits per heavy atom. The Morgan fingerprint density at radius 2 is 2.05 bits per heavy atom. The number of methoxy groups -OCH3 is 1. The molecule has 0 aliphatic rings. The Morgan fingerprint density at radius 1 is 1.32 bits per heavy atom. The van der Waals surface area contributed by atoms with Gasteiger partial charge in [0.1, 0.15) is 11.6 Å². The number of carbonyl (C=O) groups excluding carboxylic acids is 1. The molecule has 5 heteroatoms. The first-order valence-corrected chi connectivity index (χ1v) is 5.72. The summed E-state index contributed by atoms with van der Waals surface area (Å²) in [5.74, 6) is -0.0439. The molecule has 1 amide bonds. The highest BCUT2D eigenvalue weighted by Gasteiger charge is 2.07. The Balaban J connectivity index is 1.99. The molecule has 0 bridgehead atoms. The normalized spacial score (nSPS) is 10.0. The number of aromatic nitrogens is 1. The lowest BCUT2D eigenvalue weighted by atomic mass is 10.2. The van der Waals surface area contributed by atoms with Crippen LogP contribution < -0.4 is 10.1 Å². The number of carbonyl (C=O) groups is 1. The smallest absolute Gasteiger partial charge is 0.251 e. The van der Waals surface area contributed by atoms with Crippen molar-refractivity contribution in [3.8, 4) is 5.75 Å². The minimum atomic E-state index is -0.433. The lowest BCUT2D eigenvalue weighted by Gasteiger charge is -2.06. The first-order chi connectivity index (χ1) is 9.20. The van der Waals surface area contributed by atoms with E-state index in [9.17, 15) is 9.18 Å². The topological polar surface area (TPSA) is 51.2 Å². The van der Waals surface area contributed by atoms with E-state index in [1.165, 1.54) is 18.3 Å². The van der Waals surface area contributed by atoms with Gasteiger partial charge in [-0.3, -0.25) is 9.78 Å². The van der Waals surface area contributed by atoms with Crippen molar-refractivity contribution in [3.05, 3.63) is 59.7 Å². The number of halogens is 1. The number of hydrogen-bond acceptors (Lipinski definition) is 3. The van der Waals surface area contributed by atoms with Gasteiger partial charge in [-0.25, -0.2) is 4.39 Å².